The number of ether oxygens (including phenoxy) is 2. The molecule has 2 aliphatic rings. The van der Waals surface area contributed by atoms with Gasteiger partial charge in [0.25, 0.3) is 0 Å². The predicted molar refractivity (Wildman–Crippen MR) is 88.6 cm³/mol. The smallest absolute Gasteiger partial charge is 0.222 e. The van der Waals surface area contributed by atoms with Gasteiger partial charge < -0.3 is 25.0 Å². The van der Waals surface area contributed by atoms with Crippen LogP contribution in [0, 0.1) is 0 Å². The Morgan fingerprint density at radius 2 is 2.18 bits per heavy atom. The summed E-state index contributed by atoms with van der Waals surface area (Å²) in [4.78, 5) is 14.1. The summed E-state index contributed by atoms with van der Waals surface area (Å²) in [6, 6.07) is 0. The molecule has 2 heterocycles. The standard InChI is InChI=1S/C15H29N3O3.ClH/c19-15(4-12-20-13-14-3-1-11-21-14)17-5-2-8-18-9-6-16-7-10-18;/h14,16H,1-13H2,(H,17,19);1H. The molecule has 0 saturated carbocycles. The van der Waals surface area contributed by atoms with Gasteiger partial charge in [-0.25, -0.2) is 0 Å². The number of carbonyl (C=O) groups is 1. The summed E-state index contributed by atoms with van der Waals surface area (Å²) in [5.41, 5.74) is 0. The molecular weight excluding hydrogens is 306 g/mol. The van der Waals surface area contributed by atoms with Gasteiger partial charge >= 0.3 is 0 Å². The maximum absolute atomic E-state index is 11.6. The molecule has 2 N–H and O–H groups in total. The number of nitrogens with zero attached hydrogens (tertiary/aromatic N) is 1. The molecule has 22 heavy (non-hydrogen) atoms. The van der Waals surface area contributed by atoms with Crippen molar-refractivity contribution in [3.8, 4) is 0 Å². The minimum Gasteiger partial charge on any atom is -0.378 e. The van der Waals surface area contributed by atoms with Crippen LogP contribution in [0.3, 0.4) is 0 Å². The lowest BCUT2D eigenvalue weighted by atomic mass is 10.2. The number of halogens is 1. The molecule has 2 rings (SSSR count). The zero-order valence-corrected chi connectivity index (χ0v) is 14.2. The first-order chi connectivity index (χ1) is 10.3. The second-order valence-electron chi connectivity index (χ2n) is 5.76. The van der Waals surface area contributed by atoms with Crippen molar-refractivity contribution in [1.82, 2.24) is 15.5 Å². The molecule has 1 atom stereocenters. The van der Waals surface area contributed by atoms with E-state index in [4.69, 9.17) is 9.47 Å². The third kappa shape index (κ3) is 8.29. The number of nitrogens with one attached hydrogen (secondary N) is 2. The van der Waals surface area contributed by atoms with E-state index in [2.05, 4.69) is 15.5 Å². The van der Waals surface area contributed by atoms with Crippen LogP contribution in [0.5, 0.6) is 0 Å². The van der Waals surface area contributed by atoms with Crippen LogP contribution in [0.15, 0.2) is 0 Å². The summed E-state index contributed by atoms with van der Waals surface area (Å²) in [6.07, 6.45) is 3.91. The largest absolute Gasteiger partial charge is 0.378 e. The summed E-state index contributed by atoms with van der Waals surface area (Å²) in [7, 11) is 0. The number of amides is 1. The van der Waals surface area contributed by atoms with E-state index in [1.165, 1.54) is 0 Å². The molecule has 0 aromatic rings. The molecule has 2 aliphatic heterocycles. The van der Waals surface area contributed by atoms with E-state index in [-0.39, 0.29) is 24.4 Å². The first kappa shape index (κ1) is 19.6. The number of hydrogen-bond acceptors (Lipinski definition) is 5. The molecular formula is C15H30ClN3O3. The SMILES string of the molecule is Cl.O=C(CCOCC1CCCO1)NCCCN1CCNCC1. The molecule has 6 nitrogen and oxygen atoms in total. The molecule has 1 amide bonds. The summed E-state index contributed by atoms with van der Waals surface area (Å²) >= 11 is 0. The van der Waals surface area contributed by atoms with Crippen LogP contribution in [0.4, 0.5) is 0 Å². The Morgan fingerprint density at radius 3 is 2.91 bits per heavy atom. The lowest BCUT2D eigenvalue weighted by Crippen LogP contribution is -2.44. The topological polar surface area (TPSA) is 62.8 Å². The maximum Gasteiger partial charge on any atom is 0.222 e. The minimum absolute atomic E-state index is 0. The second-order valence-corrected chi connectivity index (χ2v) is 5.76. The highest BCUT2D eigenvalue weighted by molar-refractivity contribution is 5.85. The van der Waals surface area contributed by atoms with Gasteiger partial charge in [0.05, 0.1) is 19.3 Å². The van der Waals surface area contributed by atoms with Crippen molar-refractivity contribution in [3.63, 3.8) is 0 Å². The van der Waals surface area contributed by atoms with Gasteiger partial charge in [0, 0.05) is 45.8 Å². The average molecular weight is 336 g/mol. The van der Waals surface area contributed by atoms with Crippen molar-refractivity contribution in [2.75, 3.05) is 59.1 Å². The first-order valence-corrected chi connectivity index (χ1v) is 8.24. The van der Waals surface area contributed by atoms with Crippen LogP contribution >= 0.6 is 12.4 Å². The Kier molecular flexibility index (Phi) is 10.8. The van der Waals surface area contributed by atoms with Gasteiger partial charge in [-0.1, -0.05) is 0 Å². The summed E-state index contributed by atoms with van der Waals surface area (Å²) in [6.45, 7) is 8.17. The predicted octanol–water partition coefficient (Wildman–Crippen LogP) is 0.405. The van der Waals surface area contributed by atoms with Crippen molar-refractivity contribution in [2.24, 2.45) is 0 Å². The molecule has 0 spiro atoms. The molecule has 0 bridgehead atoms. The molecule has 0 aliphatic carbocycles. The van der Waals surface area contributed by atoms with Gasteiger partial charge in [-0.3, -0.25) is 4.79 Å². The number of rotatable bonds is 9. The fourth-order valence-electron chi connectivity index (χ4n) is 2.71. The van der Waals surface area contributed by atoms with Gasteiger partial charge in [0.15, 0.2) is 0 Å². The third-order valence-corrected chi connectivity index (χ3v) is 3.98. The molecule has 7 heteroatoms. The zero-order chi connectivity index (χ0) is 14.8. The molecule has 2 fully saturated rings. The third-order valence-electron chi connectivity index (χ3n) is 3.98. The van der Waals surface area contributed by atoms with Gasteiger partial charge in [-0.2, -0.15) is 0 Å². The summed E-state index contributed by atoms with van der Waals surface area (Å²) < 4.78 is 11.0. The van der Waals surface area contributed by atoms with Crippen LogP contribution in [-0.2, 0) is 14.3 Å². The molecule has 2 saturated heterocycles. The Labute approximate surface area is 139 Å². The van der Waals surface area contributed by atoms with E-state index < -0.39 is 0 Å². The molecule has 1 unspecified atom stereocenters. The van der Waals surface area contributed by atoms with E-state index in [1.54, 1.807) is 0 Å². The van der Waals surface area contributed by atoms with Crippen LogP contribution < -0.4 is 10.6 Å². The van der Waals surface area contributed by atoms with Crippen LogP contribution in [-0.4, -0.2) is 76.0 Å². The second kappa shape index (κ2) is 12.1. The molecule has 0 aromatic heterocycles. The van der Waals surface area contributed by atoms with Crippen molar-refractivity contribution >= 4 is 18.3 Å². The highest BCUT2D eigenvalue weighted by atomic mass is 35.5. The van der Waals surface area contributed by atoms with E-state index in [1.807, 2.05) is 0 Å². The Morgan fingerprint density at radius 1 is 1.36 bits per heavy atom. The highest BCUT2D eigenvalue weighted by Crippen LogP contribution is 2.11. The summed E-state index contributed by atoms with van der Waals surface area (Å²) in [5.74, 6) is 0.0858. The molecule has 0 aromatic carbocycles. The van der Waals surface area contributed by atoms with Gasteiger partial charge in [-0.15, -0.1) is 12.4 Å². The minimum atomic E-state index is 0. The molecule has 0 radical (unpaired) electrons. The van der Waals surface area contributed by atoms with Crippen LogP contribution in [0.1, 0.15) is 25.7 Å². The van der Waals surface area contributed by atoms with E-state index in [0.29, 0.717) is 19.6 Å². The number of carbonyl (C=O) groups excluding carboxylic acids is 1. The first-order valence-electron chi connectivity index (χ1n) is 8.24. The van der Waals surface area contributed by atoms with Crippen molar-refractivity contribution in [3.05, 3.63) is 0 Å². The van der Waals surface area contributed by atoms with E-state index >= 15 is 0 Å². The monoisotopic (exact) mass is 335 g/mol. The Balaban J connectivity index is 0.00000242. The van der Waals surface area contributed by atoms with Crippen LogP contribution in [0.25, 0.3) is 0 Å². The average Bonchev–Trinajstić information content (AvgIpc) is 3.02. The van der Waals surface area contributed by atoms with E-state index in [0.717, 1.165) is 65.1 Å². The van der Waals surface area contributed by atoms with E-state index in [9.17, 15) is 4.79 Å². The lowest BCUT2D eigenvalue weighted by Gasteiger charge is -2.27. The summed E-state index contributed by atoms with van der Waals surface area (Å²) in [5, 5.41) is 6.30. The molecule has 130 valence electrons. The Bertz CT molecular complexity index is 296. The quantitative estimate of drug-likeness (QED) is 0.597. The van der Waals surface area contributed by atoms with Crippen molar-refractivity contribution < 1.29 is 14.3 Å². The highest BCUT2D eigenvalue weighted by Gasteiger charge is 2.15. The normalized spacial score (nSPS) is 22.3. The fraction of sp³-hybridized carbons (Fsp3) is 0.933. The van der Waals surface area contributed by atoms with Crippen molar-refractivity contribution in [2.45, 2.75) is 31.8 Å². The fourth-order valence-corrected chi connectivity index (χ4v) is 2.71. The Hall–Kier alpha value is -0.400. The maximum atomic E-state index is 11.6. The number of hydrogen-bond donors (Lipinski definition) is 2. The lowest BCUT2D eigenvalue weighted by molar-refractivity contribution is -0.122. The zero-order valence-electron chi connectivity index (χ0n) is 13.3. The van der Waals surface area contributed by atoms with Gasteiger partial charge in [0.2, 0.25) is 5.91 Å². The van der Waals surface area contributed by atoms with Gasteiger partial charge in [0.1, 0.15) is 0 Å². The van der Waals surface area contributed by atoms with Crippen molar-refractivity contribution in [1.29, 1.82) is 0 Å². The van der Waals surface area contributed by atoms with Gasteiger partial charge in [-0.05, 0) is 25.8 Å². The van der Waals surface area contributed by atoms with Crippen LogP contribution in [0.2, 0.25) is 0 Å². The number of piperazine rings is 1.